The van der Waals surface area contributed by atoms with Crippen molar-refractivity contribution in [2.75, 3.05) is 6.61 Å². The van der Waals surface area contributed by atoms with Gasteiger partial charge in [-0.1, -0.05) is 12.1 Å². The van der Waals surface area contributed by atoms with Crippen LogP contribution < -0.4 is 4.74 Å². The van der Waals surface area contributed by atoms with E-state index in [9.17, 15) is 0 Å². The van der Waals surface area contributed by atoms with Crippen LogP contribution in [0.25, 0.3) is 0 Å². The van der Waals surface area contributed by atoms with Crippen molar-refractivity contribution in [2.24, 2.45) is 0 Å². The topological polar surface area (TPSA) is 18.5 Å². The second-order valence-electron chi connectivity index (χ2n) is 5.49. The van der Waals surface area contributed by atoms with Gasteiger partial charge in [-0.05, 0) is 51.3 Å². The molecule has 1 aliphatic heterocycles. The van der Waals surface area contributed by atoms with E-state index in [0.717, 1.165) is 31.6 Å². The standard InChI is InChI=1S/C15H22O2/c1-12-5-4-6-14(11-12)16-10-8-13-7-9-15(2,3)17-13/h4-6,11,13H,7-10H2,1-3H3. The van der Waals surface area contributed by atoms with Crippen molar-refractivity contribution in [1.29, 1.82) is 0 Å². The van der Waals surface area contributed by atoms with E-state index in [4.69, 9.17) is 9.47 Å². The second-order valence-corrected chi connectivity index (χ2v) is 5.49. The first-order valence-corrected chi connectivity index (χ1v) is 6.42. The van der Waals surface area contributed by atoms with Crippen LogP contribution in [0.5, 0.6) is 5.75 Å². The summed E-state index contributed by atoms with van der Waals surface area (Å²) in [6.07, 6.45) is 3.67. The molecule has 0 aromatic heterocycles. The van der Waals surface area contributed by atoms with Gasteiger partial charge in [0.15, 0.2) is 0 Å². The van der Waals surface area contributed by atoms with Crippen molar-refractivity contribution in [1.82, 2.24) is 0 Å². The van der Waals surface area contributed by atoms with Gasteiger partial charge in [-0.15, -0.1) is 0 Å². The molecule has 1 aliphatic rings. The number of benzene rings is 1. The van der Waals surface area contributed by atoms with E-state index in [-0.39, 0.29) is 5.60 Å². The largest absolute Gasteiger partial charge is 0.493 e. The van der Waals surface area contributed by atoms with Crippen LogP contribution in [0.4, 0.5) is 0 Å². The number of rotatable bonds is 4. The van der Waals surface area contributed by atoms with E-state index in [2.05, 4.69) is 32.9 Å². The van der Waals surface area contributed by atoms with Gasteiger partial charge in [0.2, 0.25) is 0 Å². The maximum absolute atomic E-state index is 5.93. The highest BCUT2D eigenvalue weighted by molar-refractivity contribution is 5.27. The lowest BCUT2D eigenvalue weighted by molar-refractivity contribution is -0.0225. The molecule has 2 rings (SSSR count). The molecule has 0 N–H and O–H groups in total. The van der Waals surface area contributed by atoms with E-state index in [1.807, 2.05) is 12.1 Å². The summed E-state index contributed by atoms with van der Waals surface area (Å²) in [5, 5.41) is 0. The van der Waals surface area contributed by atoms with Crippen molar-refractivity contribution in [2.45, 2.75) is 51.7 Å². The van der Waals surface area contributed by atoms with Gasteiger partial charge in [0.05, 0.1) is 18.3 Å². The third-order valence-electron chi connectivity index (χ3n) is 3.25. The van der Waals surface area contributed by atoms with Gasteiger partial charge in [0.1, 0.15) is 5.75 Å². The monoisotopic (exact) mass is 234 g/mol. The second kappa shape index (κ2) is 5.09. The molecule has 2 nitrogen and oxygen atoms in total. The van der Waals surface area contributed by atoms with Gasteiger partial charge in [-0.2, -0.15) is 0 Å². The average Bonchev–Trinajstić information content (AvgIpc) is 2.58. The first kappa shape index (κ1) is 12.4. The quantitative estimate of drug-likeness (QED) is 0.790. The highest BCUT2D eigenvalue weighted by Gasteiger charge is 2.31. The molecule has 0 amide bonds. The minimum Gasteiger partial charge on any atom is -0.493 e. The molecule has 0 spiro atoms. The summed E-state index contributed by atoms with van der Waals surface area (Å²) >= 11 is 0. The molecule has 1 fully saturated rings. The number of hydrogen-bond acceptors (Lipinski definition) is 2. The van der Waals surface area contributed by atoms with Gasteiger partial charge in [-0.25, -0.2) is 0 Å². The predicted molar refractivity (Wildman–Crippen MR) is 69.5 cm³/mol. The predicted octanol–water partition coefficient (Wildman–Crippen LogP) is 3.72. The molecule has 0 saturated carbocycles. The SMILES string of the molecule is Cc1cccc(OCCC2CCC(C)(C)O2)c1. The maximum atomic E-state index is 5.93. The summed E-state index contributed by atoms with van der Waals surface area (Å²) in [6.45, 7) is 7.14. The van der Waals surface area contributed by atoms with E-state index in [1.54, 1.807) is 0 Å². The van der Waals surface area contributed by atoms with Crippen LogP contribution >= 0.6 is 0 Å². The van der Waals surface area contributed by atoms with Gasteiger partial charge < -0.3 is 9.47 Å². The van der Waals surface area contributed by atoms with Crippen LogP contribution in [0.3, 0.4) is 0 Å². The fourth-order valence-electron chi connectivity index (χ4n) is 2.29. The van der Waals surface area contributed by atoms with Crippen molar-refractivity contribution < 1.29 is 9.47 Å². The van der Waals surface area contributed by atoms with Gasteiger partial charge in [0.25, 0.3) is 0 Å². The maximum Gasteiger partial charge on any atom is 0.119 e. The highest BCUT2D eigenvalue weighted by Crippen LogP contribution is 2.30. The Morgan fingerprint density at radius 1 is 1.41 bits per heavy atom. The molecule has 1 heterocycles. The summed E-state index contributed by atoms with van der Waals surface area (Å²) in [7, 11) is 0. The fraction of sp³-hybridized carbons (Fsp3) is 0.600. The Morgan fingerprint density at radius 2 is 2.24 bits per heavy atom. The smallest absolute Gasteiger partial charge is 0.119 e. The van der Waals surface area contributed by atoms with Crippen molar-refractivity contribution in [3.05, 3.63) is 29.8 Å². The zero-order chi connectivity index (χ0) is 12.3. The Morgan fingerprint density at radius 3 is 2.88 bits per heavy atom. The number of ether oxygens (including phenoxy) is 2. The zero-order valence-corrected chi connectivity index (χ0v) is 11.0. The molecule has 17 heavy (non-hydrogen) atoms. The number of aryl methyl sites for hydroxylation is 1. The van der Waals surface area contributed by atoms with Crippen LogP contribution in [-0.4, -0.2) is 18.3 Å². The summed E-state index contributed by atoms with van der Waals surface area (Å²) in [6, 6.07) is 8.18. The third kappa shape index (κ3) is 3.74. The first-order chi connectivity index (χ1) is 8.05. The summed E-state index contributed by atoms with van der Waals surface area (Å²) in [4.78, 5) is 0. The van der Waals surface area contributed by atoms with Crippen LogP contribution in [0.1, 0.15) is 38.7 Å². The van der Waals surface area contributed by atoms with Gasteiger partial charge in [-0.3, -0.25) is 0 Å². The number of hydrogen-bond donors (Lipinski definition) is 0. The molecule has 2 heteroatoms. The molecule has 0 bridgehead atoms. The Balaban J connectivity index is 1.73. The molecule has 1 atom stereocenters. The normalized spacial score (nSPS) is 22.6. The van der Waals surface area contributed by atoms with Gasteiger partial charge in [0, 0.05) is 6.42 Å². The average molecular weight is 234 g/mol. The Bertz CT molecular complexity index is 371. The van der Waals surface area contributed by atoms with E-state index in [1.165, 1.54) is 5.56 Å². The first-order valence-electron chi connectivity index (χ1n) is 6.42. The van der Waals surface area contributed by atoms with Gasteiger partial charge >= 0.3 is 0 Å². The lowest BCUT2D eigenvalue weighted by Gasteiger charge is -2.19. The molecular weight excluding hydrogens is 212 g/mol. The molecule has 1 aromatic carbocycles. The molecule has 1 saturated heterocycles. The van der Waals surface area contributed by atoms with Crippen LogP contribution in [0.2, 0.25) is 0 Å². The molecule has 94 valence electrons. The minimum atomic E-state index is 0.0635. The summed E-state index contributed by atoms with van der Waals surface area (Å²) < 4.78 is 11.7. The zero-order valence-electron chi connectivity index (χ0n) is 11.0. The van der Waals surface area contributed by atoms with Crippen molar-refractivity contribution in [3.63, 3.8) is 0 Å². The molecule has 0 aliphatic carbocycles. The van der Waals surface area contributed by atoms with E-state index in [0.29, 0.717) is 6.10 Å². The Labute approximate surface area is 104 Å². The minimum absolute atomic E-state index is 0.0635. The molecular formula is C15H22O2. The molecule has 1 aromatic rings. The van der Waals surface area contributed by atoms with Crippen molar-refractivity contribution >= 4 is 0 Å². The van der Waals surface area contributed by atoms with Crippen LogP contribution in [-0.2, 0) is 4.74 Å². The molecule has 1 unspecified atom stereocenters. The summed E-state index contributed by atoms with van der Waals surface area (Å²) in [5.74, 6) is 0.960. The fourth-order valence-corrected chi connectivity index (χ4v) is 2.29. The van der Waals surface area contributed by atoms with Crippen LogP contribution in [0.15, 0.2) is 24.3 Å². The summed E-state index contributed by atoms with van der Waals surface area (Å²) in [5.41, 5.74) is 1.30. The highest BCUT2D eigenvalue weighted by atomic mass is 16.5. The Kier molecular flexibility index (Phi) is 3.72. The molecule has 0 radical (unpaired) electrons. The van der Waals surface area contributed by atoms with E-state index < -0.39 is 0 Å². The lowest BCUT2D eigenvalue weighted by Crippen LogP contribution is -2.21. The third-order valence-corrected chi connectivity index (χ3v) is 3.25. The lowest BCUT2D eigenvalue weighted by atomic mass is 10.0. The Hall–Kier alpha value is -1.02. The van der Waals surface area contributed by atoms with Crippen LogP contribution in [0, 0.1) is 6.92 Å². The van der Waals surface area contributed by atoms with E-state index >= 15 is 0 Å². The van der Waals surface area contributed by atoms with Crippen molar-refractivity contribution in [3.8, 4) is 5.75 Å².